The second kappa shape index (κ2) is 4.65. The van der Waals surface area contributed by atoms with Gasteiger partial charge in [-0.1, -0.05) is 0 Å². The van der Waals surface area contributed by atoms with Crippen molar-refractivity contribution in [3.63, 3.8) is 0 Å². The average molecular weight is 236 g/mol. The molecule has 1 amide bonds. The Labute approximate surface area is 99.1 Å². The summed E-state index contributed by atoms with van der Waals surface area (Å²) in [5, 5.41) is 0. The summed E-state index contributed by atoms with van der Waals surface area (Å²) in [6.45, 7) is 0.662. The monoisotopic (exact) mass is 236 g/mol. The van der Waals surface area contributed by atoms with Crippen LogP contribution in [0.5, 0.6) is 0 Å². The topological polar surface area (TPSA) is 50.3 Å². The number of rotatable bonds is 3. The van der Waals surface area contributed by atoms with Crippen molar-refractivity contribution in [3.05, 3.63) is 23.9 Å². The lowest BCUT2D eigenvalue weighted by atomic mass is 10.1. The van der Waals surface area contributed by atoms with E-state index in [4.69, 9.17) is 0 Å². The highest BCUT2D eigenvalue weighted by molar-refractivity contribution is 7.80. The summed E-state index contributed by atoms with van der Waals surface area (Å²) in [6, 6.07) is 3.36. The molecule has 1 aromatic heterocycles. The lowest BCUT2D eigenvalue weighted by molar-refractivity contribution is -0.117. The molecule has 0 aliphatic carbocycles. The molecule has 0 saturated carbocycles. The van der Waals surface area contributed by atoms with Crippen LogP contribution in [0, 0.1) is 5.92 Å². The number of thiol groups is 1. The van der Waals surface area contributed by atoms with Gasteiger partial charge in [0.25, 0.3) is 0 Å². The Kier molecular flexibility index (Phi) is 3.24. The molecule has 1 atom stereocenters. The van der Waals surface area contributed by atoms with Crippen molar-refractivity contribution in [2.45, 2.75) is 6.42 Å². The zero-order valence-electron chi connectivity index (χ0n) is 8.67. The lowest BCUT2D eigenvalue weighted by Crippen LogP contribution is -2.25. The van der Waals surface area contributed by atoms with Crippen molar-refractivity contribution in [1.29, 1.82) is 0 Å². The molecule has 0 aromatic carbocycles. The quantitative estimate of drug-likeness (QED) is 0.633. The van der Waals surface area contributed by atoms with E-state index < -0.39 is 0 Å². The molecule has 1 aromatic rings. The summed E-state index contributed by atoms with van der Waals surface area (Å²) in [4.78, 5) is 27.9. The minimum atomic E-state index is 0.0744. The Hall–Kier alpha value is -1.36. The highest BCUT2D eigenvalue weighted by atomic mass is 32.1. The van der Waals surface area contributed by atoms with Gasteiger partial charge in [0.05, 0.1) is 0 Å². The number of nitrogens with zero attached hydrogens (tertiary/aromatic N) is 2. The molecule has 0 bridgehead atoms. The molecule has 1 fully saturated rings. The van der Waals surface area contributed by atoms with Crippen LogP contribution in [0.1, 0.15) is 16.8 Å². The van der Waals surface area contributed by atoms with Crippen LogP contribution in [0.3, 0.4) is 0 Å². The third-order valence-electron chi connectivity index (χ3n) is 2.65. The Morgan fingerprint density at radius 2 is 2.38 bits per heavy atom. The maximum absolute atomic E-state index is 11.7. The normalized spacial score (nSPS) is 20.2. The van der Waals surface area contributed by atoms with E-state index in [0.717, 1.165) is 6.29 Å². The molecule has 16 heavy (non-hydrogen) atoms. The Morgan fingerprint density at radius 3 is 2.88 bits per heavy atom. The summed E-state index contributed by atoms with van der Waals surface area (Å²) in [5.74, 6) is 1.68. The van der Waals surface area contributed by atoms with Gasteiger partial charge in [0, 0.05) is 24.7 Å². The number of pyridine rings is 1. The van der Waals surface area contributed by atoms with Gasteiger partial charge in [-0.05, 0) is 23.8 Å². The van der Waals surface area contributed by atoms with E-state index in [0.29, 0.717) is 36.0 Å². The fraction of sp³-hybridized carbons (Fsp3) is 0.364. The van der Waals surface area contributed by atoms with Crippen LogP contribution in [0.4, 0.5) is 5.82 Å². The van der Waals surface area contributed by atoms with Crippen LogP contribution >= 0.6 is 12.6 Å². The third-order valence-corrected chi connectivity index (χ3v) is 3.16. The van der Waals surface area contributed by atoms with Gasteiger partial charge in [-0.3, -0.25) is 14.5 Å². The van der Waals surface area contributed by atoms with Crippen molar-refractivity contribution in [3.8, 4) is 0 Å². The summed E-state index contributed by atoms with van der Waals surface area (Å²) < 4.78 is 0. The fourth-order valence-electron chi connectivity index (χ4n) is 1.75. The third kappa shape index (κ3) is 2.09. The number of hydrogen-bond acceptors (Lipinski definition) is 4. The largest absolute Gasteiger partial charge is 0.298 e. The molecule has 0 N–H and O–H groups in total. The maximum Gasteiger partial charge on any atom is 0.228 e. The molecular weight excluding hydrogens is 224 g/mol. The van der Waals surface area contributed by atoms with Crippen molar-refractivity contribution >= 4 is 30.6 Å². The molecule has 0 radical (unpaired) electrons. The molecule has 1 saturated heterocycles. The van der Waals surface area contributed by atoms with Crippen molar-refractivity contribution in [1.82, 2.24) is 4.98 Å². The van der Waals surface area contributed by atoms with Crippen LogP contribution in [0.2, 0.25) is 0 Å². The van der Waals surface area contributed by atoms with Gasteiger partial charge in [0.15, 0.2) is 6.29 Å². The number of aromatic nitrogens is 1. The van der Waals surface area contributed by atoms with E-state index in [1.807, 2.05) is 0 Å². The fourth-order valence-corrected chi connectivity index (χ4v) is 2.00. The van der Waals surface area contributed by atoms with Crippen molar-refractivity contribution < 1.29 is 9.59 Å². The Morgan fingerprint density at radius 1 is 1.56 bits per heavy atom. The van der Waals surface area contributed by atoms with Gasteiger partial charge in [0.1, 0.15) is 5.82 Å². The minimum absolute atomic E-state index is 0.0744. The van der Waals surface area contributed by atoms with Gasteiger partial charge in [-0.15, -0.1) is 0 Å². The zero-order chi connectivity index (χ0) is 11.5. The number of hydrogen-bond donors (Lipinski definition) is 1. The highest BCUT2D eigenvalue weighted by Crippen LogP contribution is 2.23. The van der Waals surface area contributed by atoms with Gasteiger partial charge in [-0.2, -0.15) is 12.6 Å². The van der Waals surface area contributed by atoms with Gasteiger partial charge >= 0.3 is 0 Å². The molecule has 84 valence electrons. The molecule has 0 spiro atoms. The number of aldehydes is 1. The molecule has 2 rings (SSSR count). The first-order valence-electron chi connectivity index (χ1n) is 5.07. The van der Waals surface area contributed by atoms with Crippen molar-refractivity contribution in [2.75, 3.05) is 17.2 Å². The summed E-state index contributed by atoms with van der Waals surface area (Å²) in [5.41, 5.74) is 0.515. The van der Waals surface area contributed by atoms with Crippen LogP contribution in [-0.4, -0.2) is 29.5 Å². The first-order chi connectivity index (χ1) is 7.74. The number of carbonyl (C=O) groups excluding carboxylic acids is 2. The van der Waals surface area contributed by atoms with Crippen LogP contribution in [-0.2, 0) is 4.79 Å². The average Bonchev–Trinajstić information content (AvgIpc) is 2.71. The Bertz CT molecular complexity index is 405. The smallest absolute Gasteiger partial charge is 0.228 e. The SMILES string of the molecule is O=Cc1ccc(N2CC(CS)CC2=O)nc1. The number of anilines is 1. The molecule has 2 heterocycles. The summed E-state index contributed by atoms with van der Waals surface area (Å²) in [6.07, 6.45) is 2.74. The van der Waals surface area contributed by atoms with Crippen LogP contribution < -0.4 is 4.90 Å². The van der Waals surface area contributed by atoms with Crippen LogP contribution in [0.25, 0.3) is 0 Å². The van der Waals surface area contributed by atoms with E-state index in [9.17, 15) is 9.59 Å². The van der Waals surface area contributed by atoms with E-state index in [2.05, 4.69) is 17.6 Å². The van der Waals surface area contributed by atoms with Gasteiger partial charge in [-0.25, -0.2) is 4.98 Å². The zero-order valence-corrected chi connectivity index (χ0v) is 9.56. The second-order valence-corrected chi connectivity index (χ2v) is 4.19. The molecule has 1 aliphatic rings. The van der Waals surface area contributed by atoms with E-state index in [-0.39, 0.29) is 5.91 Å². The molecule has 5 heteroatoms. The molecular formula is C11H12N2O2S. The van der Waals surface area contributed by atoms with E-state index in [1.165, 1.54) is 6.20 Å². The first-order valence-corrected chi connectivity index (χ1v) is 5.70. The van der Waals surface area contributed by atoms with Gasteiger partial charge in [0.2, 0.25) is 5.91 Å². The van der Waals surface area contributed by atoms with Gasteiger partial charge < -0.3 is 0 Å². The van der Waals surface area contributed by atoms with Crippen molar-refractivity contribution in [2.24, 2.45) is 5.92 Å². The lowest BCUT2D eigenvalue weighted by Gasteiger charge is -2.14. The van der Waals surface area contributed by atoms with Crippen LogP contribution in [0.15, 0.2) is 18.3 Å². The Balaban J connectivity index is 2.18. The highest BCUT2D eigenvalue weighted by Gasteiger charge is 2.30. The summed E-state index contributed by atoms with van der Waals surface area (Å²) >= 11 is 4.20. The minimum Gasteiger partial charge on any atom is -0.298 e. The summed E-state index contributed by atoms with van der Waals surface area (Å²) in [7, 11) is 0. The second-order valence-electron chi connectivity index (χ2n) is 3.82. The molecule has 1 aliphatic heterocycles. The first kappa shape index (κ1) is 11.1. The number of carbonyl (C=O) groups is 2. The maximum atomic E-state index is 11.7. The van der Waals surface area contributed by atoms with E-state index in [1.54, 1.807) is 17.0 Å². The number of amides is 1. The standard InChI is InChI=1S/C11H12N2O2S/c14-6-8-1-2-10(12-4-8)13-5-9(7-16)3-11(13)15/h1-2,4,6,9,16H,3,5,7H2. The van der Waals surface area contributed by atoms with E-state index >= 15 is 0 Å². The predicted octanol–water partition coefficient (Wildman–Crippen LogP) is 1.18. The molecule has 4 nitrogen and oxygen atoms in total. The predicted molar refractivity (Wildman–Crippen MR) is 63.9 cm³/mol. The molecule has 1 unspecified atom stereocenters.